The number of aryl methyl sites for hydroxylation is 1. The zero-order valence-corrected chi connectivity index (χ0v) is 9.98. The van der Waals surface area contributed by atoms with Crippen LogP contribution >= 0.6 is 0 Å². The van der Waals surface area contributed by atoms with Crippen molar-refractivity contribution in [1.82, 2.24) is 0 Å². The molecule has 2 aliphatic rings. The number of halogens is 1. The molecule has 0 bridgehead atoms. The number of fused-ring (bicyclic) bond motifs is 1. The van der Waals surface area contributed by atoms with Crippen LogP contribution in [0.2, 0.25) is 0 Å². The van der Waals surface area contributed by atoms with Gasteiger partial charge in [0.05, 0.1) is 16.9 Å². The van der Waals surface area contributed by atoms with Crippen LogP contribution in [0.15, 0.2) is 12.1 Å². The van der Waals surface area contributed by atoms with Gasteiger partial charge >= 0.3 is 0 Å². The van der Waals surface area contributed by atoms with Crippen LogP contribution in [0.5, 0.6) is 0 Å². The first kappa shape index (κ1) is 10.8. The molecule has 0 unspecified atom stereocenters. The summed E-state index contributed by atoms with van der Waals surface area (Å²) in [6.07, 6.45) is 1.99. The van der Waals surface area contributed by atoms with Crippen LogP contribution in [0.1, 0.15) is 18.4 Å². The molecule has 2 heterocycles. The van der Waals surface area contributed by atoms with E-state index in [1.165, 1.54) is 0 Å². The van der Waals surface area contributed by atoms with Crippen molar-refractivity contribution in [2.75, 3.05) is 30.4 Å². The number of hydrogen-bond donors (Lipinski definition) is 2. The van der Waals surface area contributed by atoms with Gasteiger partial charge in [-0.2, -0.15) is 0 Å². The fourth-order valence-corrected chi connectivity index (χ4v) is 2.59. The van der Waals surface area contributed by atoms with E-state index in [0.717, 1.165) is 44.0 Å². The predicted octanol–water partition coefficient (Wildman–Crippen LogP) is 2.52. The first-order chi connectivity index (χ1) is 8.19. The van der Waals surface area contributed by atoms with Crippen LogP contribution in [0, 0.1) is 12.7 Å². The molecular formula is C13H17FN2O. The summed E-state index contributed by atoms with van der Waals surface area (Å²) in [5, 5.41) is 6.90. The summed E-state index contributed by atoms with van der Waals surface area (Å²) < 4.78 is 18.9. The molecule has 0 radical (unpaired) electrons. The Labute approximate surface area is 100 Å². The van der Waals surface area contributed by atoms with E-state index in [9.17, 15) is 4.39 Å². The molecule has 3 rings (SSSR count). The van der Waals surface area contributed by atoms with E-state index in [2.05, 4.69) is 10.6 Å². The summed E-state index contributed by atoms with van der Waals surface area (Å²) in [6.45, 7) is 4.22. The summed E-state index contributed by atoms with van der Waals surface area (Å²) in [5.74, 6) is -0.152. The van der Waals surface area contributed by atoms with Crippen LogP contribution in [0.3, 0.4) is 0 Å². The maximum absolute atomic E-state index is 13.5. The zero-order chi connectivity index (χ0) is 11.9. The minimum Gasteiger partial charge on any atom is -0.381 e. The van der Waals surface area contributed by atoms with Crippen molar-refractivity contribution in [3.05, 3.63) is 23.5 Å². The average Bonchev–Trinajstić information content (AvgIpc) is 2.33. The lowest BCUT2D eigenvalue weighted by Gasteiger charge is -2.43. The highest BCUT2D eigenvalue weighted by Crippen LogP contribution is 2.36. The quantitative estimate of drug-likeness (QED) is 0.726. The van der Waals surface area contributed by atoms with Crippen molar-refractivity contribution in [2.45, 2.75) is 25.3 Å². The molecule has 0 saturated carbocycles. The van der Waals surface area contributed by atoms with Gasteiger partial charge < -0.3 is 15.4 Å². The van der Waals surface area contributed by atoms with Crippen LogP contribution in [-0.4, -0.2) is 25.3 Å². The molecule has 2 aliphatic heterocycles. The number of rotatable bonds is 0. The number of benzene rings is 1. The molecule has 1 spiro atoms. The second-order valence-electron chi connectivity index (χ2n) is 5.02. The van der Waals surface area contributed by atoms with Gasteiger partial charge in [0.25, 0.3) is 0 Å². The second-order valence-corrected chi connectivity index (χ2v) is 5.02. The van der Waals surface area contributed by atoms with E-state index in [1.807, 2.05) is 6.07 Å². The Hall–Kier alpha value is -1.29. The molecule has 4 heteroatoms. The highest BCUT2D eigenvalue weighted by molar-refractivity contribution is 5.73. The fraction of sp³-hybridized carbons (Fsp3) is 0.538. The summed E-state index contributed by atoms with van der Waals surface area (Å²) in [4.78, 5) is 0. The first-order valence-corrected chi connectivity index (χ1v) is 6.09. The Kier molecular flexibility index (Phi) is 2.47. The SMILES string of the molecule is Cc1cc2c(cc1F)NCC1(CCOCC1)N2. The number of ether oxygens (including phenoxy) is 1. The molecule has 92 valence electrons. The molecule has 17 heavy (non-hydrogen) atoms. The monoisotopic (exact) mass is 236 g/mol. The third-order valence-corrected chi connectivity index (χ3v) is 3.77. The highest BCUT2D eigenvalue weighted by Gasteiger charge is 2.35. The normalized spacial score (nSPS) is 21.5. The van der Waals surface area contributed by atoms with Gasteiger partial charge in [-0.25, -0.2) is 4.39 Å². The van der Waals surface area contributed by atoms with E-state index < -0.39 is 0 Å². The Morgan fingerprint density at radius 2 is 2.00 bits per heavy atom. The van der Waals surface area contributed by atoms with Crippen LogP contribution in [-0.2, 0) is 4.74 Å². The van der Waals surface area contributed by atoms with Gasteiger partial charge in [0.2, 0.25) is 0 Å². The predicted molar refractivity (Wildman–Crippen MR) is 66.0 cm³/mol. The summed E-state index contributed by atoms with van der Waals surface area (Å²) in [6, 6.07) is 3.46. The van der Waals surface area contributed by atoms with Crippen molar-refractivity contribution in [3.8, 4) is 0 Å². The van der Waals surface area contributed by atoms with Crippen LogP contribution in [0.4, 0.5) is 15.8 Å². The number of nitrogens with one attached hydrogen (secondary N) is 2. The first-order valence-electron chi connectivity index (χ1n) is 6.09. The third kappa shape index (κ3) is 1.86. The van der Waals surface area contributed by atoms with Gasteiger partial charge in [-0.3, -0.25) is 0 Å². The topological polar surface area (TPSA) is 33.3 Å². The molecule has 2 N–H and O–H groups in total. The minimum absolute atomic E-state index is 0.0789. The van der Waals surface area contributed by atoms with E-state index in [1.54, 1.807) is 13.0 Å². The van der Waals surface area contributed by atoms with Crippen LogP contribution < -0.4 is 10.6 Å². The van der Waals surface area contributed by atoms with Crippen molar-refractivity contribution < 1.29 is 9.13 Å². The molecular weight excluding hydrogens is 219 g/mol. The van der Waals surface area contributed by atoms with Crippen molar-refractivity contribution in [2.24, 2.45) is 0 Å². The lowest BCUT2D eigenvalue weighted by atomic mass is 9.87. The van der Waals surface area contributed by atoms with Gasteiger partial charge in [0.1, 0.15) is 5.82 Å². The van der Waals surface area contributed by atoms with E-state index >= 15 is 0 Å². The minimum atomic E-state index is -0.152. The fourth-order valence-electron chi connectivity index (χ4n) is 2.59. The molecule has 0 aromatic heterocycles. The van der Waals surface area contributed by atoms with Crippen LogP contribution in [0.25, 0.3) is 0 Å². The Morgan fingerprint density at radius 3 is 2.76 bits per heavy atom. The molecule has 0 amide bonds. The highest BCUT2D eigenvalue weighted by atomic mass is 19.1. The van der Waals surface area contributed by atoms with Crippen molar-refractivity contribution in [1.29, 1.82) is 0 Å². The zero-order valence-electron chi connectivity index (χ0n) is 9.98. The molecule has 3 nitrogen and oxygen atoms in total. The summed E-state index contributed by atoms with van der Waals surface area (Å²) in [5.41, 5.74) is 2.64. The second kappa shape index (κ2) is 3.88. The lowest BCUT2D eigenvalue weighted by molar-refractivity contribution is 0.0634. The Bertz CT molecular complexity index is 441. The van der Waals surface area contributed by atoms with E-state index in [-0.39, 0.29) is 11.4 Å². The number of hydrogen-bond acceptors (Lipinski definition) is 3. The standard InChI is InChI=1S/C13H17FN2O/c1-9-6-12-11(7-10(9)14)15-8-13(16-12)2-4-17-5-3-13/h6-7,15-16H,2-5,8H2,1H3. The summed E-state index contributed by atoms with van der Waals surface area (Å²) >= 11 is 0. The number of anilines is 2. The lowest BCUT2D eigenvalue weighted by Crippen LogP contribution is -2.51. The van der Waals surface area contributed by atoms with Gasteiger partial charge in [-0.1, -0.05) is 0 Å². The van der Waals surface area contributed by atoms with Gasteiger partial charge in [0, 0.05) is 19.8 Å². The molecule has 1 aromatic rings. The van der Waals surface area contributed by atoms with E-state index in [4.69, 9.17) is 4.74 Å². The molecule has 0 atom stereocenters. The van der Waals surface area contributed by atoms with Gasteiger partial charge in [-0.15, -0.1) is 0 Å². The molecule has 1 saturated heterocycles. The van der Waals surface area contributed by atoms with E-state index in [0.29, 0.717) is 5.56 Å². The van der Waals surface area contributed by atoms with Crippen molar-refractivity contribution in [3.63, 3.8) is 0 Å². The van der Waals surface area contributed by atoms with Crippen molar-refractivity contribution >= 4 is 11.4 Å². The molecule has 1 aromatic carbocycles. The molecule has 1 fully saturated rings. The smallest absolute Gasteiger partial charge is 0.128 e. The average molecular weight is 236 g/mol. The third-order valence-electron chi connectivity index (χ3n) is 3.77. The Morgan fingerprint density at radius 1 is 1.24 bits per heavy atom. The maximum atomic E-state index is 13.5. The maximum Gasteiger partial charge on any atom is 0.128 e. The Balaban J connectivity index is 1.91. The molecule has 0 aliphatic carbocycles. The van der Waals surface area contributed by atoms with Gasteiger partial charge in [-0.05, 0) is 37.5 Å². The van der Waals surface area contributed by atoms with Gasteiger partial charge in [0.15, 0.2) is 0 Å². The summed E-state index contributed by atoms with van der Waals surface area (Å²) in [7, 11) is 0. The largest absolute Gasteiger partial charge is 0.381 e.